The van der Waals surface area contributed by atoms with E-state index in [0.29, 0.717) is 5.57 Å². The molecule has 0 saturated carbocycles. The van der Waals surface area contributed by atoms with Gasteiger partial charge in [0.15, 0.2) is 5.78 Å². The number of carbonyl (C=O) groups is 1. The molecule has 0 fully saturated rings. The molecule has 0 saturated heterocycles. The molecule has 23 heavy (non-hydrogen) atoms. The van der Waals surface area contributed by atoms with Crippen LogP contribution in [-0.2, 0) is 4.79 Å². The van der Waals surface area contributed by atoms with E-state index >= 15 is 0 Å². The van der Waals surface area contributed by atoms with Crippen LogP contribution in [0.25, 0.3) is 5.57 Å². The van der Waals surface area contributed by atoms with E-state index in [4.69, 9.17) is 0 Å². The van der Waals surface area contributed by atoms with Crippen LogP contribution in [0.2, 0.25) is 0 Å². The third-order valence-corrected chi connectivity index (χ3v) is 4.51. The zero-order chi connectivity index (χ0) is 16.8. The van der Waals surface area contributed by atoms with Gasteiger partial charge in [-0.05, 0) is 74.3 Å². The Labute approximate surface area is 140 Å². The van der Waals surface area contributed by atoms with Crippen molar-refractivity contribution >= 4 is 11.4 Å². The minimum absolute atomic E-state index is 0.0183. The smallest absolute Gasteiger partial charge is 0.159 e. The second-order valence-electron chi connectivity index (χ2n) is 6.27. The van der Waals surface area contributed by atoms with E-state index in [1.807, 2.05) is 6.08 Å². The molecule has 0 bridgehead atoms. The topological polar surface area (TPSA) is 17.1 Å². The molecule has 0 radical (unpaired) electrons. The molecule has 0 atom stereocenters. The van der Waals surface area contributed by atoms with Crippen molar-refractivity contribution in [3.05, 3.63) is 76.9 Å². The highest BCUT2D eigenvalue weighted by Crippen LogP contribution is 2.37. The molecule has 0 heterocycles. The summed E-state index contributed by atoms with van der Waals surface area (Å²) in [6.45, 7) is 9.66. The number of carbonyl (C=O) groups excluding carboxylic acids is 1. The summed E-state index contributed by atoms with van der Waals surface area (Å²) in [6.07, 6.45) is 10.6. The van der Waals surface area contributed by atoms with E-state index in [0.717, 1.165) is 12.8 Å². The number of ketones is 1. The maximum atomic E-state index is 11.2. The van der Waals surface area contributed by atoms with Crippen molar-refractivity contribution in [2.24, 2.45) is 0 Å². The van der Waals surface area contributed by atoms with Crippen LogP contribution in [0.4, 0.5) is 0 Å². The van der Waals surface area contributed by atoms with Gasteiger partial charge in [-0.15, -0.1) is 0 Å². The van der Waals surface area contributed by atoms with Crippen molar-refractivity contribution in [3.8, 4) is 0 Å². The molecule has 1 nitrogen and oxygen atoms in total. The number of allylic oxidation sites excluding steroid dienone is 7. The lowest BCUT2D eigenvalue weighted by Gasteiger charge is -2.22. The van der Waals surface area contributed by atoms with Crippen molar-refractivity contribution in [1.82, 2.24) is 0 Å². The summed E-state index contributed by atoms with van der Waals surface area (Å²) in [6, 6.07) is 8.64. The number of hydrogen-bond acceptors (Lipinski definition) is 1. The molecular weight excluding hydrogens is 280 g/mol. The fourth-order valence-corrected chi connectivity index (χ4v) is 3.08. The summed E-state index contributed by atoms with van der Waals surface area (Å²) in [7, 11) is 0. The van der Waals surface area contributed by atoms with Gasteiger partial charge in [0.2, 0.25) is 0 Å². The summed E-state index contributed by atoms with van der Waals surface area (Å²) >= 11 is 0. The molecule has 0 amide bonds. The van der Waals surface area contributed by atoms with E-state index in [-0.39, 0.29) is 5.78 Å². The van der Waals surface area contributed by atoms with Gasteiger partial charge >= 0.3 is 0 Å². The van der Waals surface area contributed by atoms with E-state index in [2.05, 4.69) is 50.8 Å². The highest BCUT2D eigenvalue weighted by molar-refractivity contribution is 5.95. The van der Waals surface area contributed by atoms with Crippen LogP contribution in [0.1, 0.15) is 50.7 Å². The van der Waals surface area contributed by atoms with E-state index in [1.54, 1.807) is 13.0 Å². The van der Waals surface area contributed by atoms with Crippen LogP contribution in [0.15, 0.2) is 65.8 Å². The zero-order valence-corrected chi connectivity index (χ0v) is 14.5. The third-order valence-electron chi connectivity index (χ3n) is 4.51. The van der Waals surface area contributed by atoms with Crippen molar-refractivity contribution in [2.75, 3.05) is 0 Å². The normalized spacial score (nSPS) is 16.0. The fourth-order valence-electron chi connectivity index (χ4n) is 3.08. The number of rotatable bonds is 5. The largest absolute Gasteiger partial charge is 0.295 e. The van der Waals surface area contributed by atoms with Gasteiger partial charge in [0, 0.05) is 5.57 Å². The summed E-state index contributed by atoms with van der Waals surface area (Å²) in [5, 5.41) is 0. The van der Waals surface area contributed by atoms with Crippen molar-refractivity contribution in [1.29, 1.82) is 0 Å². The Hall–Kier alpha value is -2.15. The molecule has 1 aromatic carbocycles. The van der Waals surface area contributed by atoms with Gasteiger partial charge in [-0.2, -0.15) is 0 Å². The predicted octanol–water partition coefficient (Wildman–Crippen LogP) is 5.97. The first-order valence-electron chi connectivity index (χ1n) is 8.34. The molecule has 1 aromatic rings. The van der Waals surface area contributed by atoms with Crippen LogP contribution >= 0.6 is 0 Å². The van der Waals surface area contributed by atoms with Crippen LogP contribution in [-0.4, -0.2) is 5.78 Å². The SMILES string of the molecule is C=C(/C=C\C=C(/C)C1=C(c2ccccc2C)CCCC1)C(C)=O. The lowest BCUT2D eigenvalue weighted by atomic mass is 9.83. The third kappa shape index (κ3) is 4.41. The van der Waals surface area contributed by atoms with Gasteiger partial charge < -0.3 is 0 Å². The predicted molar refractivity (Wildman–Crippen MR) is 99.3 cm³/mol. The molecule has 0 unspecified atom stereocenters. The molecule has 0 spiro atoms. The minimum Gasteiger partial charge on any atom is -0.295 e. The first kappa shape index (κ1) is 17.2. The van der Waals surface area contributed by atoms with Crippen molar-refractivity contribution in [2.45, 2.75) is 46.5 Å². The lowest BCUT2D eigenvalue weighted by molar-refractivity contribution is -0.113. The van der Waals surface area contributed by atoms with E-state index in [9.17, 15) is 4.79 Å². The second kappa shape index (κ2) is 7.92. The van der Waals surface area contributed by atoms with Crippen LogP contribution in [0, 0.1) is 6.92 Å². The molecule has 1 heteroatoms. The summed E-state index contributed by atoms with van der Waals surface area (Å²) in [4.78, 5) is 11.2. The summed E-state index contributed by atoms with van der Waals surface area (Å²) in [5.74, 6) is 0.0183. The standard InChI is InChI=1S/C22H26O/c1-16(19(4)23)11-9-12-18(3)21-14-7-8-15-22(21)20-13-6-5-10-17(20)2/h5-6,9-13H,1,7-8,14-15H2,2-4H3/b11-9-,18-12+. The number of hydrogen-bond donors (Lipinski definition) is 0. The monoisotopic (exact) mass is 306 g/mol. The Balaban J connectivity index is 2.35. The van der Waals surface area contributed by atoms with Gasteiger partial charge in [0.05, 0.1) is 0 Å². The zero-order valence-electron chi connectivity index (χ0n) is 14.5. The Morgan fingerprint density at radius 3 is 2.52 bits per heavy atom. The average Bonchev–Trinajstić information content (AvgIpc) is 2.55. The second-order valence-corrected chi connectivity index (χ2v) is 6.27. The first-order valence-corrected chi connectivity index (χ1v) is 8.34. The van der Waals surface area contributed by atoms with Gasteiger partial charge in [0.1, 0.15) is 0 Å². The molecule has 0 aliphatic heterocycles. The first-order chi connectivity index (χ1) is 11.0. The fraction of sp³-hybridized carbons (Fsp3) is 0.318. The minimum atomic E-state index is 0.0183. The van der Waals surface area contributed by atoms with Gasteiger partial charge in [-0.1, -0.05) is 49.1 Å². The lowest BCUT2D eigenvalue weighted by Crippen LogP contribution is -2.02. The Morgan fingerprint density at radius 2 is 1.83 bits per heavy atom. The van der Waals surface area contributed by atoms with Gasteiger partial charge in [0.25, 0.3) is 0 Å². The van der Waals surface area contributed by atoms with E-state index < -0.39 is 0 Å². The number of Topliss-reactive ketones (excluding diaryl/α,β-unsaturated/α-hetero) is 1. The van der Waals surface area contributed by atoms with Gasteiger partial charge in [-0.3, -0.25) is 4.79 Å². The highest BCUT2D eigenvalue weighted by Gasteiger charge is 2.16. The molecule has 0 aromatic heterocycles. The van der Waals surface area contributed by atoms with Crippen LogP contribution < -0.4 is 0 Å². The Morgan fingerprint density at radius 1 is 1.13 bits per heavy atom. The summed E-state index contributed by atoms with van der Waals surface area (Å²) < 4.78 is 0. The Bertz CT molecular complexity index is 698. The van der Waals surface area contributed by atoms with Crippen LogP contribution in [0.5, 0.6) is 0 Å². The number of aryl methyl sites for hydroxylation is 1. The average molecular weight is 306 g/mol. The highest BCUT2D eigenvalue weighted by atomic mass is 16.1. The maximum Gasteiger partial charge on any atom is 0.159 e. The van der Waals surface area contributed by atoms with Crippen LogP contribution in [0.3, 0.4) is 0 Å². The molecule has 0 N–H and O–H groups in total. The molecule has 120 valence electrons. The number of benzene rings is 1. The molecular formula is C22H26O. The molecule has 1 aliphatic rings. The van der Waals surface area contributed by atoms with Crippen molar-refractivity contribution in [3.63, 3.8) is 0 Å². The van der Waals surface area contributed by atoms with Gasteiger partial charge in [-0.25, -0.2) is 0 Å². The maximum absolute atomic E-state index is 11.2. The molecule has 2 rings (SSSR count). The molecule has 1 aliphatic carbocycles. The van der Waals surface area contributed by atoms with E-state index in [1.165, 1.54) is 40.7 Å². The van der Waals surface area contributed by atoms with Crippen molar-refractivity contribution < 1.29 is 4.79 Å². The Kier molecular flexibility index (Phi) is 5.92. The summed E-state index contributed by atoms with van der Waals surface area (Å²) in [5.41, 5.74) is 7.51. The quantitative estimate of drug-likeness (QED) is 0.484.